The number of aromatic nitrogens is 1. The van der Waals surface area contributed by atoms with Crippen molar-refractivity contribution in [2.24, 2.45) is 11.0 Å². The summed E-state index contributed by atoms with van der Waals surface area (Å²) in [5, 5.41) is 4.78. The van der Waals surface area contributed by atoms with Crippen molar-refractivity contribution < 1.29 is 14.3 Å². The normalized spacial score (nSPS) is 20.0. The van der Waals surface area contributed by atoms with Crippen molar-refractivity contribution in [2.45, 2.75) is 12.3 Å². The number of carbonyl (C=O) groups is 1. The van der Waals surface area contributed by atoms with Crippen LogP contribution in [0.4, 0.5) is 0 Å². The van der Waals surface area contributed by atoms with Gasteiger partial charge in [-0.15, -0.1) is 0 Å². The highest BCUT2D eigenvalue weighted by Gasteiger charge is 2.43. The van der Waals surface area contributed by atoms with Crippen molar-refractivity contribution in [3.8, 4) is 11.5 Å². The molecule has 2 N–H and O–H groups in total. The highest BCUT2D eigenvalue weighted by Crippen LogP contribution is 2.47. The van der Waals surface area contributed by atoms with E-state index in [1.54, 1.807) is 12.1 Å². The third-order valence-corrected chi connectivity index (χ3v) is 5.27. The molecule has 2 aliphatic rings. The number of pyridine rings is 1. The van der Waals surface area contributed by atoms with Crippen LogP contribution in [-0.2, 0) is 4.79 Å². The summed E-state index contributed by atoms with van der Waals surface area (Å²) in [4.78, 5) is 27.4. The SMILES string of the molecule is O=C(NN=Cc1cc2cc3c(cc2[nH]c1=O)OCCO3)C1CC1c1ccccc1. The largest absolute Gasteiger partial charge is 0.486 e. The number of ether oxygens (including phenoxy) is 2. The molecule has 5 rings (SSSR count). The molecular weight excluding hydrogens is 370 g/mol. The van der Waals surface area contributed by atoms with Crippen molar-refractivity contribution in [3.63, 3.8) is 0 Å². The highest BCUT2D eigenvalue weighted by atomic mass is 16.6. The molecule has 1 aromatic heterocycles. The monoisotopic (exact) mass is 389 g/mol. The van der Waals surface area contributed by atoms with E-state index in [0.29, 0.717) is 35.8 Å². The van der Waals surface area contributed by atoms with E-state index in [1.807, 2.05) is 36.4 Å². The topological polar surface area (TPSA) is 92.8 Å². The number of hydrogen-bond acceptors (Lipinski definition) is 5. The van der Waals surface area contributed by atoms with E-state index in [-0.39, 0.29) is 23.3 Å². The Bertz CT molecular complexity index is 1170. The van der Waals surface area contributed by atoms with Gasteiger partial charge in [0.1, 0.15) is 13.2 Å². The smallest absolute Gasteiger partial charge is 0.257 e. The van der Waals surface area contributed by atoms with Crippen LogP contribution >= 0.6 is 0 Å². The maximum Gasteiger partial charge on any atom is 0.257 e. The second-order valence-electron chi connectivity index (χ2n) is 7.23. The average Bonchev–Trinajstić information content (AvgIpc) is 3.54. The predicted molar refractivity (Wildman–Crippen MR) is 109 cm³/mol. The molecule has 2 aromatic carbocycles. The van der Waals surface area contributed by atoms with Crippen molar-refractivity contribution in [2.75, 3.05) is 13.2 Å². The fourth-order valence-electron chi connectivity index (χ4n) is 3.66. The quantitative estimate of drug-likeness (QED) is 0.530. The van der Waals surface area contributed by atoms with Gasteiger partial charge in [0.2, 0.25) is 5.91 Å². The molecule has 146 valence electrons. The molecule has 3 aromatic rings. The molecule has 1 aliphatic heterocycles. The minimum atomic E-state index is -0.291. The van der Waals surface area contributed by atoms with Crippen LogP contribution in [0.5, 0.6) is 11.5 Å². The summed E-state index contributed by atoms with van der Waals surface area (Å²) < 4.78 is 11.1. The number of H-pyrrole nitrogens is 1. The molecule has 29 heavy (non-hydrogen) atoms. The zero-order valence-corrected chi connectivity index (χ0v) is 15.6. The Morgan fingerprint density at radius 3 is 2.66 bits per heavy atom. The van der Waals surface area contributed by atoms with E-state index < -0.39 is 0 Å². The minimum Gasteiger partial charge on any atom is -0.486 e. The summed E-state index contributed by atoms with van der Waals surface area (Å²) in [6, 6.07) is 15.3. The van der Waals surface area contributed by atoms with Crippen LogP contribution in [0.3, 0.4) is 0 Å². The number of amides is 1. The number of aromatic amines is 1. The maximum absolute atomic E-state index is 12.3. The molecule has 0 bridgehead atoms. The lowest BCUT2D eigenvalue weighted by atomic mass is 10.1. The lowest BCUT2D eigenvalue weighted by Crippen LogP contribution is -2.21. The Labute approximate surface area is 166 Å². The highest BCUT2D eigenvalue weighted by molar-refractivity contribution is 5.90. The van der Waals surface area contributed by atoms with E-state index in [4.69, 9.17) is 9.47 Å². The Balaban J connectivity index is 1.30. The fourth-order valence-corrected chi connectivity index (χ4v) is 3.66. The first-order valence-corrected chi connectivity index (χ1v) is 9.53. The molecule has 1 amide bonds. The molecule has 2 unspecified atom stereocenters. The van der Waals surface area contributed by atoms with Crippen LogP contribution in [-0.4, -0.2) is 30.3 Å². The van der Waals surface area contributed by atoms with E-state index in [2.05, 4.69) is 15.5 Å². The van der Waals surface area contributed by atoms with Gasteiger partial charge in [-0.2, -0.15) is 5.10 Å². The Morgan fingerprint density at radius 2 is 1.86 bits per heavy atom. The zero-order chi connectivity index (χ0) is 19.8. The molecule has 0 spiro atoms. The lowest BCUT2D eigenvalue weighted by molar-refractivity contribution is -0.122. The number of nitrogens with zero attached hydrogens (tertiary/aromatic N) is 1. The van der Waals surface area contributed by atoms with Gasteiger partial charge in [-0.05, 0) is 30.0 Å². The van der Waals surface area contributed by atoms with Crippen LogP contribution in [0.25, 0.3) is 10.9 Å². The number of hydrogen-bond donors (Lipinski definition) is 2. The first-order chi connectivity index (χ1) is 14.2. The van der Waals surface area contributed by atoms with Crippen LogP contribution < -0.4 is 20.5 Å². The lowest BCUT2D eigenvalue weighted by Gasteiger charge is -2.18. The van der Waals surface area contributed by atoms with Gasteiger partial charge in [0.15, 0.2) is 11.5 Å². The zero-order valence-electron chi connectivity index (χ0n) is 15.6. The van der Waals surface area contributed by atoms with Gasteiger partial charge in [-0.3, -0.25) is 9.59 Å². The summed E-state index contributed by atoms with van der Waals surface area (Å²) in [6.45, 7) is 0.979. The third-order valence-electron chi connectivity index (χ3n) is 5.27. The predicted octanol–water partition coefficient (Wildman–Crippen LogP) is 2.55. The molecule has 1 fully saturated rings. The average molecular weight is 389 g/mol. The molecule has 1 aliphatic carbocycles. The molecule has 0 radical (unpaired) electrons. The molecule has 7 nitrogen and oxygen atoms in total. The number of rotatable bonds is 4. The van der Waals surface area contributed by atoms with Crippen LogP contribution in [0, 0.1) is 5.92 Å². The van der Waals surface area contributed by atoms with Crippen molar-refractivity contribution >= 4 is 23.0 Å². The number of benzene rings is 2. The molecular formula is C22H19N3O4. The summed E-state index contributed by atoms with van der Waals surface area (Å²) in [5.74, 6) is 1.29. The van der Waals surface area contributed by atoms with Crippen molar-refractivity contribution in [1.82, 2.24) is 10.4 Å². The van der Waals surface area contributed by atoms with E-state index in [0.717, 1.165) is 17.4 Å². The Hall–Kier alpha value is -3.61. The van der Waals surface area contributed by atoms with Gasteiger partial charge >= 0.3 is 0 Å². The van der Waals surface area contributed by atoms with Gasteiger partial charge in [0.05, 0.1) is 17.3 Å². The molecule has 7 heteroatoms. The summed E-state index contributed by atoms with van der Waals surface area (Å²) in [7, 11) is 0. The van der Waals surface area contributed by atoms with Gasteiger partial charge < -0.3 is 14.5 Å². The standard InChI is InChI=1S/C22H19N3O4/c26-21-15(8-14-9-19-20(11-18(14)24-21)29-7-6-28-19)12-23-25-22(27)17-10-16(17)13-4-2-1-3-5-13/h1-5,8-9,11-12,16-17H,6-7,10H2,(H,24,26)(H,25,27). The van der Waals surface area contributed by atoms with Crippen LogP contribution in [0.2, 0.25) is 0 Å². The van der Waals surface area contributed by atoms with Gasteiger partial charge in [0.25, 0.3) is 5.56 Å². The third kappa shape index (κ3) is 3.47. The Morgan fingerprint density at radius 1 is 1.10 bits per heavy atom. The van der Waals surface area contributed by atoms with Gasteiger partial charge in [-0.25, -0.2) is 5.43 Å². The van der Waals surface area contributed by atoms with Gasteiger partial charge in [0, 0.05) is 17.4 Å². The molecule has 1 saturated carbocycles. The number of carbonyl (C=O) groups excluding carboxylic acids is 1. The summed E-state index contributed by atoms with van der Waals surface area (Å²) in [5.41, 5.74) is 4.43. The minimum absolute atomic E-state index is 0.0758. The number of nitrogens with one attached hydrogen (secondary N) is 2. The maximum atomic E-state index is 12.3. The molecule has 2 atom stereocenters. The van der Waals surface area contributed by atoms with E-state index >= 15 is 0 Å². The number of hydrazone groups is 1. The van der Waals surface area contributed by atoms with Crippen LogP contribution in [0.1, 0.15) is 23.5 Å². The van der Waals surface area contributed by atoms with Crippen LogP contribution in [0.15, 0.2) is 58.4 Å². The van der Waals surface area contributed by atoms with Crippen molar-refractivity contribution in [3.05, 3.63) is 70.0 Å². The Kier molecular flexibility index (Phi) is 4.27. The van der Waals surface area contributed by atoms with Gasteiger partial charge in [-0.1, -0.05) is 30.3 Å². The van der Waals surface area contributed by atoms with E-state index in [9.17, 15) is 9.59 Å². The second-order valence-corrected chi connectivity index (χ2v) is 7.23. The van der Waals surface area contributed by atoms with E-state index in [1.165, 1.54) is 6.21 Å². The van der Waals surface area contributed by atoms with Crippen molar-refractivity contribution in [1.29, 1.82) is 0 Å². The summed E-state index contributed by atoms with van der Waals surface area (Å²) in [6.07, 6.45) is 2.18. The molecule has 2 heterocycles. The second kappa shape index (κ2) is 7.09. The fraction of sp³-hybridized carbons (Fsp3) is 0.227. The first kappa shape index (κ1) is 17.5. The summed E-state index contributed by atoms with van der Waals surface area (Å²) >= 11 is 0. The molecule has 0 saturated heterocycles. The first-order valence-electron chi connectivity index (χ1n) is 9.53. The number of fused-ring (bicyclic) bond motifs is 2.